The molecule has 0 radical (unpaired) electrons. The maximum absolute atomic E-state index is 5.85. The van der Waals surface area contributed by atoms with Crippen molar-refractivity contribution in [2.24, 2.45) is 17.4 Å². The Morgan fingerprint density at radius 1 is 1.56 bits per heavy atom. The SMILES string of the molecule is CC[C@@H](C)[C@@](C)(N)CN. The average Bonchev–Trinajstić information content (AvgIpc) is 1.86. The Morgan fingerprint density at radius 2 is 2.00 bits per heavy atom. The van der Waals surface area contributed by atoms with Gasteiger partial charge in [-0.2, -0.15) is 0 Å². The first-order valence-electron chi connectivity index (χ1n) is 3.53. The molecule has 0 aromatic carbocycles. The van der Waals surface area contributed by atoms with Crippen molar-refractivity contribution in [2.75, 3.05) is 6.54 Å². The van der Waals surface area contributed by atoms with Gasteiger partial charge < -0.3 is 11.5 Å². The molecule has 0 spiro atoms. The largest absolute Gasteiger partial charge is 0.329 e. The van der Waals surface area contributed by atoms with E-state index in [9.17, 15) is 0 Å². The van der Waals surface area contributed by atoms with Crippen LogP contribution in [0.5, 0.6) is 0 Å². The van der Waals surface area contributed by atoms with Crippen LogP contribution in [0, 0.1) is 5.92 Å². The molecule has 0 heterocycles. The molecule has 0 saturated carbocycles. The van der Waals surface area contributed by atoms with Crippen molar-refractivity contribution in [1.29, 1.82) is 0 Å². The Morgan fingerprint density at radius 3 is 2.11 bits per heavy atom. The molecular weight excluding hydrogens is 112 g/mol. The highest BCUT2D eigenvalue weighted by Crippen LogP contribution is 2.14. The van der Waals surface area contributed by atoms with Gasteiger partial charge in [0.15, 0.2) is 0 Å². The van der Waals surface area contributed by atoms with Crippen molar-refractivity contribution < 1.29 is 0 Å². The van der Waals surface area contributed by atoms with E-state index in [0.717, 1.165) is 6.42 Å². The second kappa shape index (κ2) is 3.18. The summed E-state index contributed by atoms with van der Waals surface area (Å²) in [6.07, 6.45) is 1.10. The molecule has 4 N–H and O–H groups in total. The molecular formula is C7H18N2. The minimum Gasteiger partial charge on any atom is -0.329 e. The third kappa shape index (κ3) is 2.33. The minimum absolute atomic E-state index is 0.172. The molecule has 9 heavy (non-hydrogen) atoms. The molecule has 2 atom stereocenters. The zero-order valence-corrected chi connectivity index (χ0v) is 6.65. The van der Waals surface area contributed by atoms with Gasteiger partial charge in [0.05, 0.1) is 0 Å². The van der Waals surface area contributed by atoms with Crippen molar-refractivity contribution in [3.05, 3.63) is 0 Å². The monoisotopic (exact) mass is 130 g/mol. The van der Waals surface area contributed by atoms with E-state index in [2.05, 4.69) is 13.8 Å². The summed E-state index contributed by atoms with van der Waals surface area (Å²) in [5.74, 6) is 0.516. The quantitative estimate of drug-likeness (QED) is 0.591. The van der Waals surface area contributed by atoms with E-state index in [-0.39, 0.29) is 5.54 Å². The third-order valence-electron chi connectivity index (χ3n) is 2.18. The van der Waals surface area contributed by atoms with Crippen LogP contribution in [0.1, 0.15) is 27.2 Å². The fourth-order valence-electron chi connectivity index (χ4n) is 0.667. The summed E-state index contributed by atoms with van der Waals surface area (Å²) in [5.41, 5.74) is 11.1. The predicted molar refractivity (Wildman–Crippen MR) is 41.1 cm³/mol. The molecule has 2 nitrogen and oxygen atoms in total. The Bertz CT molecular complexity index is 79.0. The summed E-state index contributed by atoms with van der Waals surface area (Å²) < 4.78 is 0. The zero-order chi connectivity index (χ0) is 7.49. The molecule has 0 unspecified atom stereocenters. The molecule has 56 valence electrons. The topological polar surface area (TPSA) is 52.0 Å². The molecule has 0 rings (SSSR count). The molecule has 0 amide bonds. The van der Waals surface area contributed by atoms with Gasteiger partial charge in [-0.3, -0.25) is 0 Å². The van der Waals surface area contributed by atoms with Gasteiger partial charge in [-0.25, -0.2) is 0 Å². The summed E-state index contributed by atoms with van der Waals surface area (Å²) >= 11 is 0. The van der Waals surface area contributed by atoms with Gasteiger partial charge in [0.2, 0.25) is 0 Å². The molecule has 0 aliphatic carbocycles. The maximum atomic E-state index is 5.85. The molecule has 0 aliphatic heterocycles. The summed E-state index contributed by atoms with van der Waals surface area (Å²) in [6.45, 7) is 6.83. The van der Waals surface area contributed by atoms with E-state index >= 15 is 0 Å². The molecule has 0 saturated heterocycles. The van der Waals surface area contributed by atoms with Crippen molar-refractivity contribution in [2.45, 2.75) is 32.7 Å². The number of hydrogen-bond acceptors (Lipinski definition) is 2. The minimum atomic E-state index is -0.172. The Labute approximate surface area is 57.6 Å². The van der Waals surface area contributed by atoms with Crippen LogP contribution in [-0.2, 0) is 0 Å². The lowest BCUT2D eigenvalue weighted by atomic mass is 9.86. The lowest BCUT2D eigenvalue weighted by Crippen LogP contribution is -2.49. The first-order valence-corrected chi connectivity index (χ1v) is 3.53. The van der Waals surface area contributed by atoms with Gasteiger partial charge in [-0.15, -0.1) is 0 Å². The normalized spacial score (nSPS) is 21.0. The van der Waals surface area contributed by atoms with Crippen LogP contribution in [-0.4, -0.2) is 12.1 Å². The van der Waals surface area contributed by atoms with E-state index in [1.54, 1.807) is 0 Å². The van der Waals surface area contributed by atoms with Crippen LogP contribution in [0.3, 0.4) is 0 Å². The average molecular weight is 130 g/mol. The fourth-order valence-corrected chi connectivity index (χ4v) is 0.667. The van der Waals surface area contributed by atoms with Gasteiger partial charge in [-0.05, 0) is 12.8 Å². The lowest BCUT2D eigenvalue weighted by Gasteiger charge is -2.29. The standard InChI is InChI=1S/C7H18N2/c1-4-6(2)7(3,9)5-8/h6H,4-5,8-9H2,1-3H3/t6-,7+/m1/s1. The molecule has 0 fully saturated rings. The van der Waals surface area contributed by atoms with E-state index in [4.69, 9.17) is 11.5 Å². The van der Waals surface area contributed by atoms with E-state index < -0.39 is 0 Å². The van der Waals surface area contributed by atoms with Crippen molar-refractivity contribution in [3.63, 3.8) is 0 Å². The van der Waals surface area contributed by atoms with Crippen LogP contribution < -0.4 is 11.5 Å². The van der Waals surface area contributed by atoms with Gasteiger partial charge in [0, 0.05) is 12.1 Å². The molecule has 0 bridgehead atoms. The summed E-state index contributed by atoms with van der Waals surface area (Å²) in [6, 6.07) is 0. The first-order chi connectivity index (χ1) is 4.04. The highest BCUT2D eigenvalue weighted by molar-refractivity contribution is 4.84. The number of nitrogens with two attached hydrogens (primary N) is 2. The molecule has 0 aromatic rings. The van der Waals surface area contributed by atoms with Crippen molar-refractivity contribution in [3.8, 4) is 0 Å². The van der Waals surface area contributed by atoms with E-state index in [1.807, 2.05) is 6.92 Å². The van der Waals surface area contributed by atoms with E-state index in [0.29, 0.717) is 12.5 Å². The van der Waals surface area contributed by atoms with Crippen LogP contribution >= 0.6 is 0 Å². The first kappa shape index (κ1) is 8.92. The van der Waals surface area contributed by atoms with Gasteiger partial charge in [0.25, 0.3) is 0 Å². The van der Waals surface area contributed by atoms with Gasteiger partial charge in [0.1, 0.15) is 0 Å². The van der Waals surface area contributed by atoms with Crippen molar-refractivity contribution >= 4 is 0 Å². The molecule has 2 heteroatoms. The van der Waals surface area contributed by atoms with E-state index in [1.165, 1.54) is 0 Å². The highest BCUT2D eigenvalue weighted by atomic mass is 14.8. The smallest absolute Gasteiger partial charge is 0.0275 e. The van der Waals surface area contributed by atoms with Crippen LogP contribution in [0.4, 0.5) is 0 Å². The molecule has 0 aromatic heterocycles. The fraction of sp³-hybridized carbons (Fsp3) is 1.00. The second-order valence-corrected chi connectivity index (χ2v) is 3.02. The van der Waals surface area contributed by atoms with Crippen molar-refractivity contribution in [1.82, 2.24) is 0 Å². The maximum Gasteiger partial charge on any atom is 0.0275 e. The zero-order valence-electron chi connectivity index (χ0n) is 6.65. The summed E-state index contributed by atoms with van der Waals surface area (Å²) in [4.78, 5) is 0. The lowest BCUT2D eigenvalue weighted by molar-refractivity contribution is 0.317. The summed E-state index contributed by atoms with van der Waals surface area (Å²) in [5, 5.41) is 0. The number of hydrogen-bond donors (Lipinski definition) is 2. The predicted octanol–water partition coefficient (Wildman–Crippen LogP) is 0.709. The Balaban J connectivity index is 3.80. The molecule has 0 aliphatic rings. The van der Waals surface area contributed by atoms with Crippen LogP contribution in [0.2, 0.25) is 0 Å². The second-order valence-electron chi connectivity index (χ2n) is 3.02. The highest BCUT2D eigenvalue weighted by Gasteiger charge is 2.22. The van der Waals surface area contributed by atoms with Crippen LogP contribution in [0.25, 0.3) is 0 Å². The van der Waals surface area contributed by atoms with Gasteiger partial charge in [-0.1, -0.05) is 20.3 Å². The van der Waals surface area contributed by atoms with Crippen LogP contribution in [0.15, 0.2) is 0 Å². The van der Waals surface area contributed by atoms with Gasteiger partial charge >= 0.3 is 0 Å². The Hall–Kier alpha value is -0.0800. The number of rotatable bonds is 3. The summed E-state index contributed by atoms with van der Waals surface area (Å²) in [7, 11) is 0. The third-order valence-corrected chi connectivity index (χ3v) is 2.18. The Kier molecular flexibility index (Phi) is 3.15.